The molecule has 0 bridgehead atoms. The molecule has 0 aliphatic carbocycles. The minimum absolute atomic E-state index is 0.0107. The summed E-state index contributed by atoms with van der Waals surface area (Å²) in [7, 11) is 1.52. The van der Waals surface area contributed by atoms with Gasteiger partial charge in [0.2, 0.25) is 0 Å². The zero-order chi connectivity index (χ0) is 16.6. The number of nitrogens with one attached hydrogen (secondary N) is 1. The van der Waals surface area contributed by atoms with E-state index < -0.39 is 11.2 Å². The number of hydrogen-bond donors (Lipinski definition) is 1. The van der Waals surface area contributed by atoms with Crippen molar-refractivity contribution in [3.63, 3.8) is 0 Å². The van der Waals surface area contributed by atoms with Gasteiger partial charge in [0, 0.05) is 12.6 Å². The van der Waals surface area contributed by atoms with Gasteiger partial charge in [0.1, 0.15) is 0 Å². The number of fused-ring (bicyclic) bond motifs is 1. The van der Waals surface area contributed by atoms with Gasteiger partial charge in [-0.1, -0.05) is 31.2 Å². The number of imidazole rings is 1. The first-order valence-electron chi connectivity index (χ1n) is 7.27. The van der Waals surface area contributed by atoms with Crippen LogP contribution in [0.15, 0.2) is 40.2 Å². The maximum atomic E-state index is 12.4. The highest BCUT2D eigenvalue weighted by Crippen LogP contribution is 2.10. The summed E-state index contributed by atoms with van der Waals surface area (Å²) in [6.45, 7) is 2.04. The van der Waals surface area contributed by atoms with Crippen LogP contribution in [0.2, 0.25) is 0 Å². The molecule has 2 aromatic heterocycles. The standard InChI is InChI=1S/C16H16N4O3/c1-3-10-4-6-11(7-5-10)12(21)8-20-9-17-14-13(20)15(22)18-16(23)19(14)2/h4-7,9H,3,8H2,1-2H3,(H,18,22,23). The minimum Gasteiger partial charge on any atom is -0.317 e. The molecule has 0 spiro atoms. The molecule has 1 N–H and O–H groups in total. The van der Waals surface area contributed by atoms with Crippen LogP contribution >= 0.6 is 0 Å². The van der Waals surface area contributed by atoms with E-state index in [2.05, 4.69) is 9.97 Å². The average molecular weight is 312 g/mol. The lowest BCUT2D eigenvalue weighted by Gasteiger charge is -2.05. The molecule has 0 aliphatic heterocycles. The maximum Gasteiger partial charge on any atom is 0.329 e. The normalized spacial score (nSPS) is 11.0. The number of Topliss-reactive ketones (excluding diaryl/α,β-unsaturated/α-hetero) is 1. The number of benzene rings is 1. The van der Waals surface area contributed by atoms with Crippen molar-refractivity contribution in [1.29, 1.82) is 0 Å². The highest BCUT2D eigenvalue weighted by molar-refractivity contribution is 5.96. The van der Waals surface area contributed by atoms with E-state index in [4.69, 9.17) is 0 Å². The molecule has 7 nitrogen and oxygen atoms in total. The van der Waals surface area contributed by atoms with E-state index in [1.165, 1.54) is 22.5 Å². The van der Waals surface area contributed by atoms with Crippen LogP contribution in [0.4, 0.5) is 0 Å². The number of nitrogens with zero attached hydrogens (tertiary/aromatic N) is 3. The van der Waals surface area contributed by atoms with Crippen LogP contribution in [-0.4, -0.2) is 24.9 Å². The van der Waals surface area contributed by atoms with Crippen molar-refractivity contribution in [1.82, 2.24) is 19.1 Å². The van der Waals surface area contributed by atoms with Gasteiger partial charge in [-0.15, -0.1) is 0 Å². The van der Waals surface area contributed by atoms with Crippen LogP contribution in [0.1, 0.15) is 22.8 Å². The molecule has 0 radical (unpaired) electrons. The Morgan fingerprint density at radius 3 is 2.57 bits per heavy atom. The summed E-state index contributed by atoms with van der Waals surface area (Å²) in [6.07, 6.45) is 2.31. The Bertz CT molecular complexity index is 993. The molecule has 0 atom stereocenters. The van der Waals surface area contributed by atoms with Crippen molar-refractivity contribution in [3.8, 4) is 0 Å². The fraction of sp³-hybridized carbons (Fsp3) is 0.250. The van der Waals surface area contributed by atoms with Gasteiger partial charge in [0.25, 0.3) is 5.56 Å². The number of ketones is 1. The molecule has 23 heavy (non-hydrogen) atoms. The minimum atomic E-state index is -0.547. The van der Waals surface area contributed by atoms with Crippen LogP contribution < -0.4 is 11.2 Å². The third kappa shape index (κ3) is 2.61. The summed E-state index contributed by atoms with van der Waals surface area (Å²) in [5.74, 6) is -0.125. The van der Waals surface area contributed by atoms with E-state index in [1.807, 2.05) is 19.1 Å². The first kappa shape index (κ1) is 15.0. The smallest absolute Gasteiger partial charge is 0.317 e. The number of rotatable bonds is 4. The molecular weight excluding hydrogens is 296 g/mol. The van der Waals surface area contributed by atoms with E-state index in [-0.39, 0.29) is 23.5 Å². The monoisotopic (exact) mass is 312 g/mol. The van der Waals surface area contributed by atoms with Crippen molar-refractivity contribution in [3.05, 3.63) is 62.6 Å². The Labute approximate surface area is 131 Å². The summed E-state index contributed by atoms with van der Waals surface area (Å²) in [6, 6.07) is 7.38. The van der Waals surface area contributed by atoms with Gasteiger partial charge in [0.05, 0.1) is 12.9 Å². The number of carbonyl (C=O) groups excluding carboxylic acids is 1. The van der Waals surface area contributed by atoms with Crippen LogP contribution in [0.5, 0.6) is 0 Å². The van der Waals surface area contributed by atoms with Crippen LogP contribution in [0, 0.1) is 0 Å². The van der Waals surface area contributed by atoms with Crippen molar-refractivity contribution < 1.29 is 4.79 Å². The summed E-state index contributed by atoms with van der Waals surface area (Å²) >= 11 is 0. The molecule has 118 valence electrons. The second-order valence-electron chi connectivity index (χ2n) is 5.34. The van der Waals surface area contributed by atoms with E-state index in [9.17, 15) is 14.4 Å². The maximum absolute atomic E-state index is 12.4. The largest absolute Gasteiger partial charge is 0.329 e. The molecule has 2 heterocycles. The molecule has 7 heteroatoms. The van der Waals surface area contributed by atoms with E-state index in [0.29, 0.717) is 5.56 Å². The summed E-state index contributed by atoms with van der Waals surface area (Å²) < 4.78 is 2.71. The van der Waals surface area contributed by atoms with E-state index >= 15 is 0 Å². The van der Waals surface area contributed by atoms with Crippen LogP contribution in [0.3, 0.4) is 0 Å². The van der Waals surface area contributed by atoms with Crippen molar-refractivity contribution in [2.45, 2.75) is 19.9 Å². The fourth-order valence-electron chi connectivity index (χ4n) is 2.48. The molecule has 0 aliphatic rings. The fourth-order valence-corrected chi connectivity index (χ4v) is 2.48. The predicted octanol–water partition coefficient (Wildman–Crippen LogP) is 0.869. The molecule has 3 rings (SSSR count). The number of aromatic nitrogens is 4. The Kier molecular flexibility index (Phi) is 3.69. The highest BCUT2D eigenvalue weighted by atomic mass is 16.2. The van der Waals surface area contributed by atoms with Crippen LogP contribution in [0.25, 0.3) is 11.2 Å². The number of H-pyrrole nitrogens is 1. The molecule has 3 aromatic rings. The molecule has 0 unspecified atom stereocenters. The van der Waals surface area contributed by atoms with Gasteiger partial charge in [-0.2, -0.15) is 0 Å². The van der Waals surface area contributed by atoms with Gasteiger partial charge in [0.15, 0.2) is 16.9 Å². The summed E-state index contributed by atoms with van der Waals surface area (Å²) in [5, 5.41) is 0. The summed E-state index contributed by atoms with van der Waals surface area (Å²) in [5.41, 5.74) is 1.12. The summed E-state index contributed by atoms with van der Waals surface area (Å²) in [4.78, 5) is 42.2. The zero-order valence-corrected chi connectivity index (χ0v) is 12.9. The molecule has 1 aromatic carbocycles. The lowest BCUT2D eigenvalue weighted by atomic mass is 10.1. The quantitative estimate of drug-likeness (QED) is 0.724. The second kappa shape index (κ2) is 5.68. The SMILES string of the molecule is CCc1ccc(C(=O)Cn2cnc3c2c(=O)[nH]c(=O)n3C)cc1. The third-order valence-electron chi connectivity index (χ3n) is 3.87. The molecular formula is C16H16N4O3. The zero-order valence-electron chi connectivity index (χ0n) is 12.9. The van der Waals surface area contributed by atoms with Gasteiger partial charge in [-0.3, -0.25) is 19.1 Å². The van der Waals surface area contributed by atoms with E-state index in [1.54, 1.807) is 12.1 Å². The molecule has 0 amide bonds. The van der Waals surface area contributed by atoms with Crippen LogP contribution in [-0.2, 0) is 20.0 Å². The number of hydrogen-bond acceptors (Lipinski definition) is 4. The first-order valence-corrected chi connectivity index (χ1v) is 7.27. The van der Waals surface area contributed by atoms with Crippen molar-refractivity contribution in [2.75, 3.05) is 0 Å². The average Bonchev–Trinajstić information content (AvgIpc) is 2.97. The van der Waals surface area contributed by atoms with Crippen molar-refractivity contribution in [2.24, 2.45) is 7.05 Å². The highest BCUT2D eigenvalue weighted by Gasteiger charge is 2.14. The number of aryl methyl sites for hydroxylation is 2. The van der Waals surface area contributed by atoms with Gasteiger partial charge >= 0.3 is 5.69 Å². The Morgan fingerprint density at radius 1 is 1.22 bits per heavy atom. The van der Waals surface area contributed by atoms with Crippen molar-refractivity contribution >= 4 is 16.9 Å². The molecule has 0 fully saturated rings. The van der Waals surface area contributed by atoms with Gasteiger partial charge in [-0.25, -0.2) is 9.78 Å². The number of aromatic amines is 1. The Morgan fingerprint density at radius 2 is 1.91 bits per heavy atom. The lowest BCUT2D eigenvalue weighted by molar-refractivity contribution is 0.0973. The Hall–Kier alpha value is -2.96. The Balaban J connectivity index is 1.98. The lowest BCUT2D eigenvalue weighted by Crippen LogP contribution is -2.29. The third-order valence-corrected chi connectivity index (χ3v) is 3.87. The predicted molar refractivity (Wildman–Crippen MR) is 85.7 cm³/mol. The second-order valence-corrected chi connectivity index (χ2v) is 5.34. The van der Waals surface area contributed by atoms with Gasteiger partial charge in [-0.05, 0) is 12.0 Å². The molecule has 0 saturated carbocycles. The first-order chi connectivity index (χ1) is 11.0. The van der Waals surface area contributed by atoms with E-state index in [0.717, 1.165) is 12.0 Å². The number of carbonyl (C=O) groups is 1. The topological polar surface area (TPSA) is 89.8 Å². The van der Waals surface area contributed by atoms with Gasteiger partial charge < -0.3 is 4.57 Å². The molecule has 0 saturated heterocycles.